The van der Waals surface area contributed by atoms with E-state index in [9.17, 15) is 8.42 Å². The molecule has 8 nitrogen and oxygen atoms in total. The van der Waals surface area contributed by atoms with E-state index >= 15 is 0 Å². The van der Waals surface area contributed by atoms with Crippen LogP contribution in [0.3, 0.4) is 0 Å². The molecule has 2 aliphatic rings. The first-order chi connectivity index (χ1) is 16.8. The summed E-state index contributed by atoms with van der Waals surface area (Å²) in [5.74, 6) is 1.18. The fourth-order valence-corrected chi connectivity index (χ4v) is 8.33. The van der Waals surface area contributed by atoms with Crippen molar-refractivity contribution < 1.29 is 17.0 Å². The Morgan fingerprint density at radius 3 is 2.50 bits per heavy atom. The van der Waals surface area contributed by atoms with E-state index in [-0.39, 0.29) is 29.6 Å². The van der Waals surface area contributed by atoms with Gasteiger partial charge in [-0.1, -0.05) is 40.0 Å². The molecule has 0 bridgehead atoms. The summed E-state index contributed by atoms with van der Waals surface area (Å²) in [5, 5.41) is 7.43. The zero-order chi connectivity index (χ0) is 26.3. The summed E-state index contributed by atoms with van der Waals surface area (Å²) in [4.78, 5) is 11.8. The van der Waals surface area contributed by atoms with Crippen LogP contribution >= 0.6 is 11.3 Å². The fraction of sp³-hybridized carbons (Fsp3) is 0.760. The van der Waals surface area contributed by atoms with Crippen molar-refractivity contribution in [1.82, 2.24) is 9.97 Å². The van der Waals surface area contributed by atoms with Crippen molar-refractivity contribution in [3.63, 3.8) is 0 Å². The highest BCUT2D eigenvalue weighted by Crippen LogP contribution is 2.48. The summed E-state index contributed by atoms with van der Waals surface area (Å²) in [6, 6.07) is 0.524. The van der Waals surface area contributed by atoms with Crippen LogP contribution in [0.25, 0.3) is 10.2 Å². The highest BCUT2D eigenvalue weighted by Gasteiger charge is 2.45. The number of fused-ring (bicyclic) bond motifs is 1. The maximum Gasteiger partial charge on any atom is 0.333 e. The van der Waals surface area contributed by atoms with Crippen molar-refractivity contribution >= 4 is 46.0 Å². The van der Waals surface area contributed by atoms with E-state index in [1.807, 2.05) is 0 Å². The van der Waals surface area contributed by atoms with Gasteiger partial charge in [0.2, 0.25) is 0 Å². The van der Waals surface area contributed by atoms with Gasteiger partial charge in [-0.05, 0) is 60.7 Å². The van der Waals surface area contributed by atoms with Gasteiger partial charge in [-0.2, -0.15) is 8.42 Å². The number of hydrogen-bond acceptors (Lipinski definition) is 8. The third-order valence-electron chi connectivity index (χ3n) is 8.59. The molecule has 4 rings (SSSR count). The van der Waals surface area contributed by atoms with Crippen LogP contribution in [0.5, 0.6) is 0 Å². The predicted molar refractivity (Wildman–Crippen MR) is 149 cm³/mol. The maximum absolute atomic E-state index is 11.6. The molecule has 2 saturated carbocycles. The number of hydrogen-bond donors (Lipinski definition) is 1. The molecule has 2 aromatic heterocycles. The Labute approximate surface area is 221 Å². The topological polar surface area (TPSA) is 108 Å². The number of aromatic nitrogens is 2. The van der Waals surface area contributed by atoms with Crippen molar-refractivity contribution in [1.29, 1.82) is 0 Å². The molecule has 0 aromatic carbocycles. The van der Waals surface area contributed by atoms with E-state index in [1.54, 1.807) is 17.7 Å². The first-order valence-corrected chi connectivity index (χ1v) is 18.3. The molecule has 36 heavy (non-hydrogen) atoms. The lowest BCUT2D eigenvalue weighted by atomic mass is 9.94. The van der Waals surface area contributed by atoms with Crippen LogP contribution in [0.15, 0.2) is 11.7 Å². The van der Waals surface area contributed by atoms with E-state index in [0.717, 1.165) is 28.9 Å². The van der Waals surface area contributed by atoms with Gasteiger partial charge in [-0.3, -0.25) is 4.18 Å². The van der Waals surface area contributed by atoms with Crippen molar-refractivity contribution in [2.75, 3.05) is 18.6 Å². The Bertz CT molecular complexity index is 1160. The van der Waals surface area contributed by atoms with Gasteiger partial charge in [0.25, 0.3) is 0 Å². The number of rotatable bonds is 8. The van der Waals surface area contributed by atoms with Crippen LogP contribution in [0, 0.1) is 5.92 Å². The van der Waals surface area contributed by atoms with Gasteiger partial charge in [-0.15, -0.1) is 11.3 Å². The largest absolute Gasteiger partial charge is 0.414 e. The quantitative estimate of drug-likeness (QED) is 0.425. The molecule has 0 spiro atoms. The molecule has 3 atom stereocenters. The minimum atomic E-state index is -4.01. The van der Waals surface area contributed by atoms with Gasteiger partial charge in [0.15, 0.2) is 8.32 Å². The summed E-state index contributed by atoms with van der Waals surface area (Å²) in [7, 11) is -3.91. The summed E-state index contributed by atoms with van der Waals surface area (Å²) in [6.45, 7) is 11.2. The molecule has 2 aliphatic carbocycles. The molecule has 2 heterocycles. The van der Waals surface area contributed by atoms with E-state index < -0.39 is 18.6 Å². The second-order valence-electron chi connectivity index (χ2n) is 12.1. The third-order valence-corrected chi connectivity index (χ3v) is 14.5. The molecule has 0 radical (unpaired) electrons. The zero-order valence-electron chi connectivity index (χ0n) is 22.5. The second kappa shape index (κ2) is 10.6. The molecule has 11 heteroatoms. The lowest BCUT2D eigenvalue weighted by Crippen LogP contribution is -2.45. The van der Waals surface area contributed by atoms with Gasteiger partial charge >= 0.3 is 10.3 Å². The van der Waals surface area contributed by atoms with Gasteiger partial charge < -0.3 is 9.33 Å². The number of thiophene rings is 1. The average molecular weight is 555 g/mol. The Balaban J connectivity index is 1.60. The van der Waals surface area contributed by atoms with Crippen LogP contribution < -0.4 is 10.0 Å². The summed E-state index contributed by atoms with van der Waals surface area (Å²) >= 11 is 1.71. The highest BCUT2D eigenvalue weighted by atomic mass is 32.2. The van der Waals surface area contributed by atoms with Gasteiger partial charge in [0.05, 0.1) is 22.9 Å². The Hall–Kier alpha value is -1.11. The van der Waals surface area contributed by atoms with Crippen LogP contribution in [0.4, 0.5) is 5.82 Å². The normalized spacial score (nSPS) is 24.5. The average Bonchev–Trinajstić information content (AvgIpc) is 3.40. The minimum Gasteiger partial charge on any atom is -0.414 e. The van der Waals surface area contributed by atoms with Crippen molar-refractivity contribution in [2.45, 2.75) is 102 Å². The van der Waals surface area contributed by atoms with Crippen LogP contribution in [0.1, 0.15) is 77.2 Å². The smallest absolute Gasteiger partial charge is 0.333 e. The van der Waals surface area contributed by atoms with E-state index in [2.05, 4.69) is 56.2 Å². The third kappa shape index (κ3) is 6.13. The predicted octanol–water partition coefficient (Wildman–Crippen LogP) is 5.56. The van der Waals surface area contributed by atoms with Gasteiger partial charge in [0, 0.05) is 19.0 Å². The molecular formula is C25H42N4O4S2Si. The maximum atomic E-state index is 11.6. The van der Waals surface area contributed by atoms with Crippen molar-refractivity contribution in [2.24, 2.45) is 11.1 Å². The van der Waals surface area contributed by atoms with Gasteiger partial charge in [0.1, 0.15) is 12.1 Å². The minimum absolute atomic E-state index is 0.0430. The van der Waals surface area contributed by atoms with Gasteiger partial charge in [-0.25, -0.2) is 15.1 Å². The van der Waals surface area contributed by atoms with E-state index in [1.165, 1.54) is 37.7 Å². The lowest BCUT2D eigenvalue weighted by molar-refractivity contribution is 0.108. The number of nitrogens with two attached hydrogens (primary N) is 1. The number of anilines is 1. The summed E-state index contributed by atoms with van der Waals surface area (Å²) in [5.41, 5.74) is 2.22. The Morgan fingerprint density at radius 2 is 1.86 bits per heavy atom. The van der Waals surface area contributed by atoms with Crippen LogP contribution in [0.2, 0.25) is 18.1 Å². The summed E-state index contributed by atoms with van der Waals surface area (Å²) in [6.07, 6.45) is 9.49. The van der Waals surface area contributed by atoms with Crippen molar-refractivity contribution in [3.05, 3.63) is 17.3 Å². The first-order valence-electron chi connectivity index (χ1n) is 13.1. The highest BCUT2D eigenvalue weighted by molar-refractivity contribution is 7.84. The Morgan fingerprint density at radius 1 is 1.17 bits per heavy atom. The molecule has 0 amide bonds. The monoisotopic (exact) mass is 554 g/mol. The van der Waals surface area contributed by atoms with Crippen LogP contribution in [-0.4, -0.2) is 52.5 Å². The molecule has 0 saturated heterocycles. The molecule has 2 fully saturated rings. The standard InChI is InChI=1S/C25H42N4O4S2Si/c1-25(2,3)36(5,6)33-21-13-17(12-18(21)14-32-35(26,30)31)20-15-34-23-22(20)27-16-28-24(23)29(4)19-10-8-7-9-11-19/h15-19,21H,7-14H2,1-6H3,(H2,26,30,31)/t17-,18+,21+/m1/s1. The van der Waals surface area contributed by atoms with Crippen LogP contribution in [-0.2, 0) is 18.9 Å². The Kier molecular flexibility index (Phi) is 8.19. The first kappa shape index (κ1) is 27.9. The molecule has 2 N–H and O–H groups in total. The zero-order valence-corrected chi connectivity index (χ0v) is 25.1. The number of nitrogens with zero attached hydrogens (tertiary/aromatic N) is 3. The van der Waals surface area contributed by atoms with E-state index in [4.69, 9.17) is 18.7 Å². The molecule has 0 unspecified atom stereocenters. The summed E-state index contributed by atoms with van der Waals surface area (Å²) < 4.78 is 36.1. The lowest BCUT2D eigenvalue weighted by Gasteiger charge is -2.39. The fourth-order valence-electron chi connectivity index (χ4n) is 5.44. The molecule has 2 aromatic rings. The molecule has 0 aliphatic heterocycles. The van der Waals surface area contributed by atoms with E-state index in [0.29, 0.717) is 6.04 Å². The molecular weight excluding hydrogens is 513 g/mol. The molecule has 202 valence electrons. The SMILES string of the molecule is CN(c1ncnc2c([C@@H]3C[C@@H](COS(N)(=O)=O)[C@@H](O[Si](C)(C)C(C)(C)C)C3)csc12)C1CCCCC1. The second-order valence-corrected chi connectivity index (χ2v) is 18.9. The van der Waals surface area contributed by atoms with Crippen molar-refractivity contribution in [3.8, 4) is 0 Å².